The van der Waals surface area contributed by atoms with Gasteiger partial charge in [0.1, 0.15) is 24.4 Å². The van der Waals surface area contributed by atoms with E-state index < -0.39 is 30.6 Å². The lowest BCUT2D eigenvalue weighted by molar-refractivity contribution is -0.275. The molecule has 8 nitrogen and oxygen atoms in total. The number of aliphatic hydroxyl groups excluding tert-OH is 1. The van der Waals surface area contributed by atoms with E-state index in [1.807, 2.05) is 128 Å². The summed E-state index contributed by atoms with van der Waals surface area (Å²) in [6.07, 6.45) is -2.95. The second kappa shape index (κ2) is 18.6. The van der Waals surface area contributed by atoms with Gasteiger partial charge in [0.25, 0.3) is 0 Å². The Kier molecular flexibility index (Phi) is 13.7. The van der Waals surface area contributed by atoms with Gasteiger partial charge < -0.3 is 39.0 Å². The number of ether oxygens (including phenoxy) is 5. The van der Waals surface area contributed by atoms with Gasteiger partial charge in [-0.1, -0.05) is 121 Å². The van der Waals surface area contributed by atoms with Crippen LogP contribution in [0.1, 0.15) is 22.3 Å². The number of nitrogens with one attached hydrogen (secondary N) is 1. The van der Waals surface area contributed by atoms with Crippen LogP contribution in [0.5, 0.6) is 0 Å². The molecule has 0 amide bonds. The van der Waals surface area contributed by atoms with E-state index in [1.54, 1.807) is 4.90 Å². The first-order valence-electron chi connectivity index (χ1n) is 16.0. The summed E-state index contributed by atoms with van der Waals surface area (Å²) in [5, 5.41) is 13.3. The normalized spacial score (nSPS) is 20.9. The van der Waals surface area contributed by atoms with Crippen LogP contribution in [0.3, 0.4) is 0 Å². The van der Waals surface area contributed by atoms with Gasteiger partial charge in [-0.05, 0) is 34.5 Å². The third-order valence-corrected chi connectivity index (χ3v) is 8.36. The second-order valence-corrected chi connectivity index (χ2v) is 11.9. The molecule has 0 aromatic heterocycles. The van der Waals surface area contributed by atoms with Crippen LogP contribution in [-0.4, -0.2) is 72.6 Å². The van der Waals surface area contributed by atoms with E-state index in [0.717, 1.165) is 22.3 Å². The van der Waals surface area contributed by atoms with Crippen LogP contribution in [0.25, 0.3) is 0 Å². The Labute approximate surface area is 283 Å². The first kappa shape index (κ1) is 34.7. The molecule has 0 spiro atoms. The molecule has 0 radical (unpaired) electrons. The fourth-order valence-corrected chi connectivity index (χ4v) is 5.60. The summed E-state index contributed by atoms with van der Waals surface area (Å²) in [4.78, 5) is 1.77. The minimum absolute atomic E-state index is 0.0358. The second-order valence-electron chi connectivity index (χ2n) is 11.5. The smallest absolute Gasteiger partial charge is 0.170 e. The first-order valence-corrected chi connectivity index (χ1v) is 16.4. The minimum atomic E-state index is -0.699. The van der Waals surface area contributed by atoms with Crippen LogP contribution >= 0.6 is 12.2 Å². The summed E-state index contributed by atoms with van der Waals surface area (Å²) >= 11 is 5.73. The molecule has 5 atom stereocenters. The van der Waals surface area contributed by atoms with Crippen LogP contribution in [0, 0.1) is 0 Å². The van der Waals surface area contributed by atoms with Gasteiger partial charge in [-0.15, -0.1) is 0 Å². The van der Waals surface area contributed by atoms with Crippen LogP contribution in [-0.2, 0) is 50.1 Å². The Morgan fingerprint density at radius 3 is 1.55 bits per heavy atom. The van der Waals surface area contributed by atoms with Gasteiger partial charge in [0, 0.05) is 13.6 Å². The van der Waals surface area contributed by atoms with Crippen molar-refractivity contribution in [1.29, 1.82) is 0 Å². The standard InChI is InChI=1S/C38H44N2O6S/c1-40(22-23-41)38(47)39-37-36(45-27-32-20-12-5-13-21-32)35(44-26-31-18-10-4-11-19-31)34(43-25-30-16-8-3-9-17-30)33(46-37)28-42-24-29-14-6-2-7-15-29/h2-21,33-37,41H,22-28H2,1H3,(H,39,47)/t33-,34-,35+,36-,37+/m1/s1. The van der Waals surface area contributed by atoms with E-state index in [0.29, 0.717) is 38.1 Å². The van der Waals surface area contributed by atoms with Crippen molar-refractivity contribution in [3.63, 3.8) is 0 Å². The highest BCUT2D eigenvalue weighted by Gasteiger charge is 2.49. The maximum absolute atomic E-state index is 9.56. The van der Waals surface area contributed by atoms with E-state index in [-0.39, 0.29) is 13.2 Å². The number of hydrogen-bond acceptors (Lipinski definition) is 7. The average molecular weight is 657 g/mol. The molecular formula is C38H44N2O6S. The maximum Gasteiger partial charge on any atom is 0.170 e. The molecule has 0 aliphatic carbocycles. The molecule has 1 aliphatic rings. The molecule has 248 valence electrons. The molecule has 0 unspecified atom stereocenters. The van der Waals surface area contributed by atoms with Crippen LogP contribution in [0.2, 0.25) is 0 Å². The summed E-state index contributed by atoms with van der Waals surface area (Å²) in [6.45, 7) is 2.05. The third kappa shape index (κ3) is 10.7. The lowest BCUT2D eigenvalue weighted by atomic mass is 9.97. The van der Waals surface area contributed by atoms with Crippen molar-refractivity contribution in [2.45, 2.75) is 57.1 Å². The molecule has 4 aromatic rings. The largest absolute Gasteiger partial charge is 0.395 e. The number of hydrogen-bond donors (Lipinski definition) is 2. The number of rotatable bonds is 16. The molecule has 0 bridgehead atoms. The monoisotopic (exact) mass is 656 g/mol. The van der Waals surface area contributed by atoms with Crippen molar-refractivity contribution in [3.05, 3.63) is 144 Å². The Hall–Kier alpha value is -3.67. The Morgan fingerprint density at radius 2 is 1.09 bits per heavy atom. The van der Waals surface area contributed by atoms with Gasteiger partial charge in [0.15, 0.2) is 11.3 Å². The van der Waals surface area contributed by atoms with Crippen LogP contribution in [0.15, 0.2) is 121 Å². The molecule has 5 rings (SSSR count). The quantitative estimate of drug-likeness (QED) is 0.152. The van der Waals surface area contributed by atoms with E-state index >= 15 is 0 Å². The molecule has 2 N–H and O–H groups in total. The number of likely N-dealkylation sites (N-methyl/N-ethyl adjacent to an activating group) is 1. The summed E-state index contributed by atoms with van der Waals surface area (Å²) in [5.41, 5.74) is 4.14. The molecule has 1 heterocycles. The minimum Gasteiger partial charge on any atom is -0.395 e. The van der Waals surface area contributed by atoms with Gasteiger partial charge >= 0.3 is 0 Å². The molecule has 47 heavy (non-hydrogen) atoms. The van der Waals surface area contributed by atoms with E-state index in [2.05, 4.69) is 5.32 Å². The van der Waals surface area contributed by atoms with E-state index in [9.17, 15) is 5.11 Å². The molecule has 1 saturated heterocycles. The summed E-state index contributed by atoms with van der Waals surface area (Å²) in [6, 6.07) is 40.1. The average Bonchev–Trinajstić information content (AvgIpc) is 3.11. The van der Waals surface area contributed by atoms with Gasteiger partial charge in [-0.25, -0.2) is 0 Å². The maximum atomic E-state index is 9.56. The highest BCUT2D eigenvalue weighted by atomic mass is 32.1. The zero-order valence-corrected chi connectivity index (χ0v) is 27.5. The zero-order chi connectivity index (χ0) is 32.7. The lowest BCUT2D eigenvalue weighted by Gasteiger charge is -2.46. The molecule has 9 heteroatoms. The fraction of sp³-hybridized carbons (Fsp3) is 0.342. The molecule has 1 aliphatic heterocycles. The van der Waals surface area contributed by atoms with Crippen molar-refractivity contribution in [2.24, 2.45) is 0 Å². The lowest BCUT2D eigenvalue weighted by Crippen LogP contribution is -2.66. The molecule has 1 fully saturated rings. The Bertz CT molecular complexity index is 1450. The van der Waals surface area contributed by atoms with E-state index in [1.165, 1.54) is 0 Å². The number of nitrogens with zero attached hydrogens (tertiary/aromatic N) is 1. The van der Waals surface area contributed by atoms with Crippen molar-refractivity contribution < 1.29 is 28.8 Å². The molecule has 0 saturated carbocycles. The van der Waals surface area contributed by atoms with Crippen LogP contribution in [0.4, 0.5) is 0 Å². The SMILES string of the molecule is CN(CCO)C(=S)N[C@H]1O[C@H](COCc2ccccc2)[C@@H](OCc2ccccc2)[C@H](OCc2ccccc2)[C@H]1OCc1ccccc1. The molecule has 4 aromatic carbocycles. The molecular weight excluding hydrogens is 612 g/mol. The predicted octanol–water partition coefficient (Wildman–Crippen LogP) is 5.48. The van der Waals surface area contributed by atoms with Crippen molar-refractivity contribution >= 4 is 17.3 Å². The Balaban J connectivity index is 1.45. The first-order chi connectivity index (χ1) is 23.1. The van der Waals surface area contributed by atoms with Gasteiger partial charge in [-0.2, -0.15) is 0 Å². The van der Waals surface area contributed by atoms with E-state index in [4.69, 9.17) is 35.9 Å². The van der Waals surface area contributed by atoms with Crippen molar-refractivity contribution in [3.8, 4) is 0 Å². The number of benzene rings is 4. The fourth-order valence-electron chi connectivity index (χ4n) is 5.39. The topological polar surface area (TPSA) is 81.7 Å². The van der Waals surface area contributed by atoms with Crippen molar-refractivity contribution in [2.75, 3.05) is 26.8 Å². The van der Waals surface area contributed by atoms with Gasteiger partial charge in [-0.3, -0.25) is 0 Å². The Morgan fingerprint density at radius 1 is 0.660 bits per heavy atom. The number of thiocarbonyl (C=S) groups is 1. The zero-order valence-electron chi connectivity index (χ0n) is 26.7. The number of aliphatic hydroxyl groups is 1. The summed E-state index contributed by atoms with van der Waals surface area (Å²) in [7, 11) is 1.82. The summed E-state index contributed by atoms with van der Waals surface area (Å²) in [5.74, 6) is 0. The van der Waals surface area contributed by atoms with Crippen molar-refractivity contribution in [1.82, 2.24) is 10.2 Å². The van der Waals surface area contributed by atoms with Gasteiger partial charge in [0.2, 0.25) is 0 Å². The van der Waals surface area contributed by atoms with Gasteiger partial charge in [0.05, 0.1) is 39.6 Å². The highest BCUT2D eigenvalue weighted by molar-refractivity contribution is 7.80. The predicted molar refractivity (Wildman–Crippen MR) is 185 cm³/mol. The highest BCUT2D eigenvalue weighted by Crippen LogP contribution is 2.30. The summed E-state index contributed by atoms with van der Waals surface area (Å²) < 4.78 is 33.1. The third-order valence-electron chi connectivity index (χ3n) is 7.93. The van der Waals surface area contributed by atoms with Crippen LogP contribution < -0.4 is 5.32 Å².